The molecule has 0 aromatic heterocycles. The molecule has 0 amide bonds. The highest BCUT2D eigenvalue weighted by Gasteiger charge is 2.39. The highest BCUT2D eigenvalue weighted by molar-refractivity contribution is 7.52. The van der Waals surface area contributed by atoms with Crippen LogP contribution in [-0.2, 0) is 23.1 Å². The standard InChI is InChI=1S/C10H19F2O5P/c1-8(15-2)5-6-10(11,12)9(13)7-17-18(4,14)16-3/h8H,5-7H2,1-4H3. The fourth-order valence-corrected chi connectivity index (χ4v) is 1.43. The Morgan fingerprint density at radius 1 is 1.39 bits per heavy atom. The molecular weight excluding hydrogens is 269 g/mol. The number of hydrogen-bond donors (Lipinski definition) is 0. The number of halogens is 2. The summed E-state index contributed by atoms with van der Waals surface area (Å²) in [6.07, 6.45) is -0.949. The van der Waals surface area contributed by atoms with Gasteiger partial charge in [0, 0.05) is 27.3 Å². The van der Waals surface area contributed by atoms with E-state index in [0.29, 0.717) is 0 Å². The molecule has 0 aromatic rings. The number of rotatable bonds is 9. The number of alkyl halides is 2. The number of ether oxygens (including phenoxy) is 1. The second-order valence-electron chi connectivity index (χ2n) is 3.94. The van der Waals surface area contributed by atoms with Crippen LogP contribution in [0, 0.1) is 0 Å². The van der Waals surface area contributed by atoms with Gasteiger partial charge in [0.05, 0.1) is 6.10 Å². The Labute approximate surface area is 105 Å². The first-order chi connectivity index (χ1) is 8.14. The third-order valence-corrected chi connectivity index (χ3v) is 3.70. The van der Waals surface area contributed by atoms with Crippen LogP contribution in [0.15, 0.2) is 0 Å². The summed E-state index contributed by atoms with van der Waals surface area (Å²) in [5.74, 6) is -4.93. The normalized spacial score (nSPS) is 17.2. The third-order valence-electron chi connectivity index (χ3n) is 2.44. The lowest BCUT2D eigenvalue weighted by Gasteiger charge is -2.18. The minimum absolute atomic E-state index is 0.0449. The van der Waals surface area contributed by atoms with Crippen molar-refractivity contribution in [2.45, 2.75) is 31.8 Å². The number of ketones is 1. The summed E-state index contributed by atoms with van der Waals surface area (Å²) < 4.78 is 51.8. The van der Waals surface area contributed by atoms with E-state index in [1.54, 1.807) is 6.92 Å². The molecule has 108 valence electrons. The van der Waals surface area contributed by atoms with E-state index in [-0.39, 0.29) is 12.5 Å². The molecule has 0 radical (unpaired) electrons. The van der Waals surface area contributed by atoms with Crippen LogP contribution in [-0.4, -0.2) is 45.3 Å². The molecule has 0 bridgehead atoms. The van der Waals surface area contributed by atoms with E-state index >= 15 is 0 Å². The average molecular weight is 288 g/mol. The van der Waals surface area contributed by atoms with Crippen molar-refractivity contribution in [3.8, 4) is 0 Å². The van der Waals surface area contributed by atoms with E-state index in [1.165, 1.54) is 7.11 Å². The van der Waals surface area contributed by atoms with Crippen molar-refractivity contribution in [2.75, 3.05) is 27.5 Å². The van der Waals surface area contributed by atoms with Crippen LogP contribution in [0.3, 0.4) is 0 Å². The van der Waals surface area contributed by atoms with E-state index in [4.69, 9.17) is 4.74 Å². The number of carbonyl (C=O) groups excluding carboxylic acids is 1. The van der Waals surface area contributed by atoms with Gasteiger partial charge < -0.3 is 13.8 Å². The number of methoxy groups -OCH3 is 1. The molecule has 8 heteroatoms. The summed E-state index contributed by atoms with van der Waals surface area (Å²) in [6.45, 7) is 1.80. The maximum atomic E-state index is 13.4. The Morgan fingerprint density at radius 2 is 1.94 bits per heavy atom. The summed E-state index contributed by atoms with van der Waals surface area (Å²) in [4.78, 5) is 11.2. The van der Waals surface area contributed by atoms with Crippen molar-refractivity contribution < 1.29 is 31.9 Å². The molecule has 0 rings (SSSR count). The molecule has 0 saturated heterocycles. The predicted octanol–water partition coefficient (Wildman–Crippen LogP) is 2.49. The predicted molar refractivity (Wildman–Crippen MR) is 62.2 cm³/mol. The fraction of sp³-hybridized carbons (Fsp3) is 0.900. The van der Waals surface area contributed by atoms with E-state index in [2.05, 4.69) is 9.05 Å². The van der Waals surface area contributed by atoms with Crippen molar-refractivity contribution in [1.29, 1.82) is 0 Å². The first-order valence-corrected chi connectivity index (χ1v) is 7.35. The van der Waals surface area contributed by atoms with Gasteiger partial charge >= 0.3 is 13.5 Å². The second kappa shape index (κ2) is 7.28. The molecule has 0 saturated carbocycles. The largest absolute Gasteiger partial charge is 0.382 e. The lowest BCUT2D eigenvalue weighted by molar-refractivity contribution is -0.147. The Kier molecular flexibility index (Phi) is 7.14. The maximum absolute atomic E-state index is 13.4. The summed E-state index contributed by atoms with van der Waals surface area (Å²) >= 11 is 0. The smallest absolute Gasteiger partial charge is 0.327 e. The van der Waals surface area contributed by atoms with Crippen molar-refractivity contribution in [3.05, 3.63) is 0 Å². The zero-order valence-corrected chi connectivity index (χ0v) is 11.8. The molecule has 0 fully saturated rings. The first-order valence-electron chi connectivity index (χ1n) is 5.36. The Hall–Kier alpha value is -0.360. The van der Waals surface area contributed by atoms with Crippen LogP contribution >= 0.6 is 7.60 Å². The molecule has 2 atom stereocenters. The minimum atomic E-state index is -3.51. The molecule has 0 aliphatic rings. The molecule has 0 spiro atoms. The third kappa shape index (κ3) is 6.54. The Morgan fingerprint density at radius 3 is 2.39 bits per heavy atom. The highest BCUT2D eigenvalue weighted by Crippen LogP contribution is 2.42. The molecule has 0 aliphatic heterocycles. The first kappa shape index (κ1) is 17.6. The fourth-order valence-electron chi connectivity index (χ4n) is 0.976. The van der Waals surface area contributed by atoms with Gasteiger partial charge in [-0.05, 0) is 13.3 Å². The summed E-state index contributed by atoms with van der Waals surface area (Å²) in [5.41, 5.74) is 0. The van der Waals surface area contributed by atoms with E-state index in [1.807, 2.05) is 0 Å². The molecule has 0 heterocycles. The zero-order chi connectivity index (χ0) is 14.4. The number of carbonyl (C=O) groups is 1. The van der Waals surface area contributed by atoms with E-state index < -0.39 is 32.3 Å². The molecule has 0 aliphatic carbocycles. The lowest BCUT2D eigenvalue weighted by atomic mass is 10.1. The Balaban J connectivity index is 4.26. The van der Waals surface area contributed by atoms with Crippen molar-refractivity contribution in [1.82, 2.24) is 0 Å². The molecule has 0 N–H and O–H groups in total. The molecule has 2 unspecified atom stereocenters. The van der Waals surface area contributed by atoms with Gasteiger partial charge in [-0.1, -0.05) is 0 Å². The van der Waals surface area contributed by atoms with Crippen molar-refractivity contribution in [2.24, 2.45) is 0 Å². The lowest BCUT2D eigenvalue weighted by Crippen LogP contribution is -2.33. The minimum Gasteiger partial charge on any atom is -0.382 e. The zero-order valence-electron chi connectivity index (χ0n) is 10.9. The van der Waals surface area contributed by atoms with Crippen LogP contribution in [0.1, 0.15) is 19.8 Å². The van der Waals surface area contributed by atoms with Crippen LogP contribution < -0.4 is 0 Å². The van der Waals surface area contributed by atoms with Crippen LogP contribution in [0.4, 0.5) is 8.78 Å². The van der Waals surface area contributed by atoms with Gasteiger partial charge in [-0.25, -0.2) is 0 Å². The summed E-state index contributed by atoms with van der Waals surface area (Å²) in [5, 5.41) is 0. The number of Topliss-reactive ketones (excluding diaryl/α,β-unsaturated/α-hetero) is 1. The van der Waals surface area contributed by atoms with E-state index in [9.17, 15) is 18.1 Å². The summed E-state index contributed by atoms with van der Waals surface area (Å²) in [7, 11) is -0.902. The maximum Gasteiger partial charge on any atom is 0.327 e. The van der Waals surface area contributed by atoms with Crippen LogP contribution in [0.2, 0.25) is 0 Å². The van der Waals surface area contributed by atoms with Gasteiger partial charge in [-0.3, -0.25) is 9.36 Å². The quantitative estimate of drug-likeness (QED) is 0.610. The second-order valence-corrected chi connectivity index (χ2v) is 6.11. The van der Waals surface area contributed by atoms with Gasteiger partial charge in [-0.2, -0.15) is 8.78 Å². The van der Waals surface area contributed by atoms with Gasteiger partial charge in [0.1, 0.15) is 6.61 Å². The SMILES string of the molecule is COC(C)CCC(F)(F)C(=O)COP(C)(=O)OC. The average Bonchev–Trinajstić information content (AvgIpc) is 2.33. The topological polar surface area (TPSA) is 61.8 Å². The van der Waals surface area contributed by atoms with Gasteiger partial charge in [0.25, 0.3) is 0 Å². The van der Waals surface area contributed by atoms with Gasteiger partial charge in [0.15, 0.2) is 0 Å². The Bertz CT molecular complexity index is 321. The summed E-state index contributed by atoms with van der Waals surface area (Å²) in [6, 6.07) is 0. The van der Waals surface area contributed by atoms with Crippen LogP contribution in [0.25, 0.3) is 0 Å². The van der Waals surface area contributed by atoms with Crippen LogP contribution in [0.5, 0.6) is 0 Å². The molecular formula is C10H19F2O5P. The van der Waals surface area contributed by atoms with Gasteiger partial charge in [-0.15, -0.1) is 0 Å². The molecule has 0 aromatic carbocycles. The van der Waals surface area contributed by atoms with E-state index in [0.717, 1.165) is 13.8 Å². The highest BCUT2D eigenvalue weighted by atomic mass is 31.2. The number of hydrogen-bond acceptors (Lipinski definition) is 5. The molecule has 18 heavy (non-hydrogen) atoms. The monoisotopic (exact) mass is 288 g/mol. The molecule has 5 nitrogen and oxygen atoms in total. The van der Waals surface area contributed by atoms with Crippen molar-refractivity contribution in [3.63, 3.8) is 0 Å². The van der Waals surface area contributed by atoms with Crippen molar-refractivity contribution >= 4 is 13.4 Å². The van der Waals surface area contributed by atoms with Gasteiger partial charge in [0.2, 0.25) is 5.78 Å².